The molecule has 0 bridgehead atoms. The topological polar surface area (TPSA) is 12.9 Å². The molecule has 0 fully saturated rings. The quantitative estimate of drug-likeness (QED) is 0.443. The van der Waals surface area contributed by atoms with E-state index in [2.05, 4.69) is 20.9 Å². The van der Waals surface area contributed by atoms with Crippen molar-refractivity contribution in [1.82, 2.24) is 4.98 Å². The van der Waals surface area contributed by atoms with Gasteiger partial charge in [-0.1, -0.05) is 15.9 Å². The lowest BCUT2D eigenvalue weighted by Crippen LogP contribution is -2.00. The van der Waals surface area contributed by atoms with Crippen molar-refractivity contribution in [3.8, 4) is 0 Å². The molecule has 72 valence electrons. The van der Waals surface area contributed by atoms with Gasteiger partial charge in [0.2, 0.25) is 5.95 Å². The van der Waals surface area contributed by atoms with Gasteiger partial charge in [0, 0.05) is 8.90 Å². The van der Waals surface area contributed by atoms with Gasteiger partial charge >= 0.3 is 0 Å². The lowest BCUT2D eigenvalue weighted by atomic mass is 10.2. The zero-order chi connectivity index (χ0) is 10.0. The smallest absolute Gasteiger partial charge is 0.222 e. The van der Waals surface area contributed by atoms with Gasteiger partial charge in [-0.3, -0.25) is 0 Å². The molecule has 13 heavy (non-hydrogen) atoms. The van der Waals surface area contributed by atoms with E-state index in [9.17, 15) is 13.2 Å². The molecule has 1 heterocycles. The predicted octanol–water partition coefficient (Wildman–Crippen LogP) is 3.66. The molecule has 0 spiro atoms. The highest BCUT2D eigenvalue weighted by atomic mass is 127. The minimum absolute atomic E-state index is 0.353. The van der Waals surface area contributed by atoms with E-state index >= 15 is 0 Å². The average Bonchev–Trinajstić information content (AvgIpc) is 2.07. The summed E-state index contributed by atoms with van der Waals surface area (Å²) in [5.74, 6) is -1.09. The van der Waals surface area contributed by atoms with Crippen molar-refractivity contribution in [1.29, 1.82) is 0 Å². The van der Waals surface area contributed by atoms with Crippen molar-refractivity contribution in [3.63, 3.8) is 0 Å². The van der Waals surface area contributed by atoms with Crippen LogP contribution in [0.2, 0.25) is 0 Å². The molecule has 0 unspecified atom stereocenters. The summed E-state index contributed by atoms with van der Waals surface area (Å²) < 4.78 is 37.7. The van der Waals surface area contributed by atoms with Gasteiger partial charge in [-0.05, 0) is 28.7 Å². The molecule has 1 nitrogen and oxygen atoms in total. The second-order valence-electron chi connectivity index (χ2n) is 2.23. The molecule has 0 saturated carbocycles. The van der Waals surface area contributed by atoms with Crippen molar-refractivity contribution in [2.45, 2.75) is 11.8 Å². The first-order valence-corrected chi connectivity index (χ1v) is 5.45. The highest BCUT2D eigenvalue weighted by Crippen LogP contribution is 2.24. The second-order valence-corrected chi connectivity index (χ2v) is 3.95. The lowest BCUT2D eigenvalue weighted by molar-refractivity contribution is 0.145. The molecule has 1 aromatic rings. The average molecular weight is 366 g/mol. The molecule has 0 aliphatic carbocycles. The molecule has 0 saturated heterocycles. The van der Waals surface area contributed by atoms with Gasteiger partial charge in [-0.2, -0.15) is 4.39 Å². The number of aromatic nitrogens is 1. The van der Waals surface area contributed by atoms with Gasteiger partial charge in [0.05, 0.1) is 11.3 Å². The maximum Gasteiger partial charge on any atom is 0.268 e. The minimum atomic E-state index is -2.81. The first-order chi connectivity index (χ1) is 6.06. The molecule has 1 aromatic heterocycles. The Hall–Kier alpha value is 0.150. The van der Waals surface area contributed by atoms with E-state index in [1.54, 1.807) is 0 Å². The fourth-order valence-electron chi connectivity index (χ4n) is 0.763. The Kier molecular flexibility index (Phi) is 3.96. The van der Waals surface area contributed by atoms with Crippen molar-refractivity contribution < 1.29 is 13.2 Å². The molecule has 0 N–H and O–H groups in total. The van der Waals surface area contributed by atoms with Crippen LogP contribution in [0.5, 0.6) is 0 Å². The van der Waals surface area contributed by atoms with Crippen LogP contribution in [0.1, 0.15) is 17.7 Å². The fourth-order valence-corrected chi connectivity index (χ4v) is 2.36. The third kappa shape index (κ3) is 2.55. The van der Waals surface area contributed by atoms with Gasteiger partial charge in [0.1, 0.15) is 0 Å². The van der Waals surface area contributed by atoms with E-state index in [1.165, 1.54) is 0 Å². The van der Waals surface area contributed by atoms with Crippen LogP contribution in [0, 0.1) is 9.52 Å². The Balaban J connectivity index is 3.20. The summed E-state index contributed by atoms with van der Waals surface area (Å²) in [5, 5.41) is 0.353. The Morgan fingerprint density at radius 1 is 1.54 bits per heavy atom. The number of hydrogen-bond donors (Lipinski definition) is 0. The molecular weight excluding hydrogens is 362 g/mol. The minimum Gasteiger partial charge on any atom is -0.222 e. The zero-order valence-electron chi connectivity index (χ0n) is 6.20. The first kappa shape index (κ1) is 11.2. The molecule has 0 aromatic carbocycles. The number of nitrogens with zero attached hydrogens (tertiary/aromatic N) is 1. The summed E-state index contributed by atoms with van der Waals surface area (Å²) in [7, 11) is 0. The summed E-state index contributed by atoms with van der Waals surface area (Å²) in [6.45, 7) is 0. The van der Waals surface area contributed by atoms with E-state index in [0.717, 1.165) is 6.07 Å². The maximum absolute atomic E-state index is 12.9. The monoisotopic (exact) mass is 365 g/mol. The maximum atomic E-state index is 12.9. The SMILES string of the molecule is Fc1nc(CBr)c(I)cc1C(F)F. The van der Waals surface area contributed by atoms with Crippen molar-refractivity contribution in [2.24, 2.45) is 0 Å². The Labute approximate surface area is 95.0 Å². The molecule has 0 aliphatic heterocycles. The molecule has 0 aliphatic rings. The van der Waals surface area contributed by atoms with E-state index in [0.29, 0.717) is 14.6 Å². The van der Waals surface area contributed by atoms with Gasteiger partial charge < -0.3 is 0 Å². The highest BCUT2D eigenvalue weighted by molar-refractivity contribution is 14.1. The Bertz CT molecular complexity index is 319. The zero-order valence-corrected chi connectivity index (χ0v) is 9.94. The van der Waals surface area contributed by atoms with Crippen LogP contribution >= 0.6 is 38.5 Å². The van der Waals surface area contributed by atoms with Crippen LogP contribution in [0.15, 0.2) is 6.07 Å². The van der Waals surface area contributed by atoms with Gasteiger partial charge in [-0.25, -0.2) is 13.8 Å². The van der Waals surface area contributed by atoms with E-state index in [4.69, 9.17) is 0 Å². The third-order valence-corrected chi connectivity index (χ3v) is 2.86. The number of alkyl halides is 3. The molecular formula is C7H4BrF3IN. The van der Waals surface area contributed by atoms with E-state index in [1.807, 2.05) is 22.6 Å². The largest absolute Gasteiger partial charge is 0.268 e. The summed E-state index contributed by atoms with van der Waals surface area (Å²) >= 11 is 4.93. The summed E-state index contributed by atoms with van der Waals surface area (Å²) in [4.78, 5) is 3.41. The molecule has 0 atom stereocenters. The summed E-state index contributed by atoms with van der Waals surface area (Å²) in [6, 6.07) is 1.12. The van der Waals surface area contributed by atoms with Crippen LogP contribution in [0.3, 0.4) is 0 Å². The van der Waals surface area contributed by atoms with Crippen molar-refractivity contribution >= 4 is 38.5 Å². The fraction of sp³-hybridized carbons (Fsp3) is 0.286. The standard InChI is InChI=1S/C7H4BrF3IN/c8-2-5-4(12)1-3(6(9)10)7(11)13-5/h1,6H,2H2. The van der Waals surface area contributed by atoms with E-state index in [-0.39, 0.29) is 0 Å². The van der Waals surface area contributed by atoms with Crippen molar-refractivity contribution in [2.75, 3.05) is 0 Å². The number of pyridine rings is 1. The van der Waals surface area contributed by atoms with Crippen LogP contribution in [0.25, 0.3) is 0 Å². The van der Waals surface area contributed by atoms with Gasteiger partial charge in [0.25, 0.3) is 6.43 Å². The van der Waals surface area contributed by atoms with E-state index < -0.39 is 17.9 Å². The lowest BCUT2D eigenvalue weighted by Gasteiger charge is -2.04. The van der Waals surface area contributed by atoms with Gasteiger partial charge in [0.15, 0.2) is 0 Å². The predicted molar refractivity (Wildman–Crippen MR) is 54.5 cm³/mol. The van der Waals surface area contributed by atoms with Crippen LogP contribution in [0.4, 0.5) is 13.2 Å². The number of halogens is 5. The summed E-state index contributed by atoms with van der Waals surface area (Å²) in [6.07, 6.45) is -2.81. The Morgan fingerprint density at radius 3 is 2.62 bits per heavy atom. The molecule has 0 radical (unpaired) electrons. The first-order valence-electron chi connectivity index (χ1n) is 3.25. The van der Waals surface area contributed by atoms with Crippen LogP contribution in [-0.2, 0) is 5.33 Å². The second kappa shape index (κ2) is 4.59. The number of rotatable bonds is 2. The Morgan fingerprint density at radius 2 is 2.15 bits per heavy atom. The normalized spacial score (nSPS) is 10.9. The third-order valence-electron chi connectivity index (χ3n) is 1.39. The van der Waals surface area contributed by atoms with Gasteiger partial charge in [-0.15, -0.1) is 0 Å². The summed E-state index contributed by atoms with van der Waals surface area (Å²) in [5.41, 5.74) is -0.211. The highest BCUT2D eigenvalue weighted by Gasteiger charge is 2.16. The van der Waals surface area contributed by atoms with Crippen LogP contribution in [-0.4, -0.2) is 4.98 Å². The molecule has 1 rings (SSSR count). The number of hydrogen-bond acceptors (Lipinski definition) is 1. The molecule has 0 amide bonds. The molecule has 6 heteroatoms. The van der Waals surface area contributed by atoms with Crippen molar-refractivity contribution in [3.05, 3.63) is 26.8 Å². The van der Waals surface area contributed by atoms with Crippen LogP contribution < -0.4 is 0 Å².